The van der Waals surface area contributed by atoms with E-state index in [0.717, 1.165) is 27.7 Å². The number of Topliss-reactive ketones (excluding diaryl/α,β-unsaturated/α-hetero) is 1. The topological polar surface area (TPSA) is 81.4 Å². The van der Waals surface area contributed by atoms with Crippen molar-refractivity contribution >= 4 is 56.3 Å². The van der Waals surface area contributed by atoms with Crippen molar-refractivity contribution < 1.29 is 18.7 Å². The minimum Gasteiger partial charge on any atom is -0.373 e. The number of ether oxygens (including phenoxy) is 1. The molecule has 0 saturated heterocycles. The van der Waals surface area contributed by atoms with Gasteiger partial charge in [0.25, 0.3) is 5.91 Å². The Morgan fingerprint density at radius 1 is 1.37 bits per heavy atom. The molecule has 2 aliphatic carbocycles. The summed E-state index contributed by atoms with van der Waals surface area (Å²) in [5, 5.41) is 3.35. The lowest BCUT2D eigenvalue weighted by atomic mass is 9.91. The van der Waals surface area contributed by atoms with E-state index in [2.05, 4.69) is 5.32 Å². The highest BCUT2D eigenvalue weighted by Crippen LogP contribution is 2.45. The number of rotatable bonds is 6. The van der Waals surface area contributed by atoms with E-state index in [4.69, 9.17) is 10.5 Å². The normalized spacial score (nSPS) is 19.0. The van der Waals surface area contributed by atoms with Gasteiger partial charge in [-0.15, -0.1) is 11.3 Å². The summed E-state index contributed by atoms with van der Waals surface area (Å²) in [7, 11) is 0. The number of hydrogen-bond acceptors (Lipinski definition) is 5. The predicted molar refractivity (Wildman–Crippen MR) is 110 cm³/mol. The summed E-state index contributed by atoms with van der Waals surface area (Å²) >= 11 is 3.17. The quantitative estimate of drug-likeness (QED) is 0.560. The van der Waals surface area contributed by atoms with Crippen molar-refractivity contribution in [2.75, 3.05) is 11.9 Å². The van der Waals surface area contributed by atoms with Crippen molar-refractivity contribution in [3.8, 4) is 0 Å². The van der Waals surface area contributed by atoms with Gasteiger partial charge in [0.05, 0.1) is 28.8 Å². The van der Waals surface area contributed by atoms with Gasteiger partial charge in [-0.2, -0.15) is 0 Å². The number of carbonyl (C=O) groups is 2. The lowest BCUT2D eigenvalue weighted by molar-refractivity contribution is 0.0329. The number of anilines is 2. The molecule has 1 saturated carbocycles. The summed E-state index contributed by atoms with van der Waals surface area (Å²) < 4.78 is 21.0. The number of hydrogen-bond donors (Lipinski definition) is 2. The van der Waals surface area contributed by atoms with Crippen LogP contribution in [0.1, 0.15) is 57.4 Å². The van der Waals surface area contributed by atoms with E-state index < -0.39 is 11.7 Å². The molecule has 1 atom stereocenters. The van der Waals surface area contributed by atoms with Crippen molar-refractivity contribution in [2.24, 2.45) is 11.7 Å². The smallest absolute Gasteiger partial charge is 0.252 e. The van der Waals surface area contributed by atoms with Crippen LogP contribution in [0.3, 0.4) is 0 Å². The maximum atomic E-state index is 14.3. The molecule has 0 radical (unpaired) electrons. The number of ketones is 1. The number of carbonyl (C=O) groups excluding carboxylic acids is 2. The third-order valence-corrected chi connectivity index (χ3v) is 6.64. The number of primary amides is 1. The van der Waals surface area contributed by atoms with Gasteiger partial charge in [-0.3, -0.25) is 9.59 Å². The zero-order valence-corrected chi connectivity index (χ0v) is 17.4. The Bertz CT molecular complexity index is 926. The summed E-state index contributed by atoms with van der Waals surface area (Å²) in [5.41, 5.74) is 6.68. The first-order chi connectivity index (χ1) is 12.9. The van der Waals surface area contributed by atoms with Crippen LogP contribution in [0.25, 0.3) is 0 Å². The molecule has 1 heterocycles. The molecule has 27 heavy (non-hydrogen) atoms. The minimum atomic E-state index is -0.643. The zero-order chi connectivity index (χ0) is 19.1. The Morgan fingerprint density at radius 3 is 2.81 bits per heavy atom. The lowest BCUT2D eigenvalue weighted by Crippen LogP contribution is -2.22. The van der Waals surface area contributed by atoms with E-state index in [9.17, 15) is 14.0 Å². The highest BCUT2D eigenvalue weighted by atomic mass is 127. The Morgan fingerprint density at radius 2 is 2.15 bits per heavy atom. The predicted octanol–water partition coefficient (Wildman–Crippen LogP) is 4.78. The fraction of sp³-hybridized carbons (Fsp3) is 0.368. The van der Waals surface area contributed by atoms with E-state index in [1.54, 1.807) is 12.1 Å². The molecule has 0 spiro atoms. The van der Waals surface area contributed by atoms with Crippen molar-refractivity contribution in [1.29, 1.82) is 0 Å². The average Bonchev–Trinajstić information content (AvgIpc) is 3.35. The van der Waals surface area contributed by atoms with Gasteiger partial charge in [-0.05, 0) is 66.0 Å². The van der Waals surface area contributed by atoms with Crippen LogP contribution in [-0.2, 0) is 4.74 Å². The van der Waals surface area contributed by atoms with Crippen LogP contribution in [0.2, 0.25) is 0 Å². The Hall–Kier alpha value is -1.52. The van der Waals surface area contributed by atoms with E-state index in [1.807, 2.05) is 22.6 Å². The molecule has 2 aliphatic rings. The summed E-state index contributed by atoms with van der Waals surface area (Å²) in [6, 6.07) is 4.76. The van der Waals surface area contributed by atoms with Crippen molar-refractivity contribution in [2.45, 2.75) is 31.8 Å². The van der Waals surface area contributed by atoms with Crippen molar-refractivity contribution in [3.05, 3.63) is 43.6 Å². The second-order valence-corrected chi connectivity index (χ2v) is 9.16. The highest BCUT2D eigenvalue weighted by molar-refractivity contribution is 14.1. The summed E-state index contributed by atoms with van der Waals surface area (Å²) in [4.78, 5) is 25.1. The number of benzene rings is 1. The molecule has 142 valence electrons. The van der Waals surface area contributed by atoms with Gasteiger partial charge in [0.2, 0.25) is 0 Å². The Kier molecular flexibility index (Phi) is 5.21. The summed E-state index contributed by atoms with van der Waals surface area (Å²) in [5.74, 6) is -0.535. The van der Waals surface area contributed by atoms with Crippen LogP contribution in [0, 0.1) is 15.3 Å². The summed E-state index contributed by atoms with van der Waals surface area (Å²) in [6.07, 6.45) is 2.90. The summed E-state index contributed by atoms with van der Waals surface area (Å²) in [6.45, 7) is 0.626. The van der Waals surface area contributed by atoms with Gasteiger partial charge in [0, 0.05) is 15.6 Å². The van der Waals surface area contributed by atoms with Gasteiger partial charge in [0.1, 0.15) is 10.8 Å². The average molecular weight is 500 g/mol. The van der Waals surface area contributed by atoms with E-state index in [-0.39, 0.29) is 23.1 Å². The number of thiophene rings is 1. The van der Waals surface area contributed by atoms with Crippen molar-refractivity contribution in [1.82, 2.24) is 0 Å². The first-order valence-electron chi connectivity index (χ1n) is 8.77. The van der Waals surface area contributed by atoms with E-state index >= 15 is 0 Å². The fourth-order valence-corrected chi connectivity index (χ4v) is 4.92. The standard InChI is InChI=1S/C19H18FIN2O3S/c20-11-7-10(21)3-4-12(11)23-19-16(18(22)25)15-14(26-8-9-1-2-9)6-5-13(24)17(15)27-19/h3-4,7,9,14,23H,1-2,5-6,8H2,(H2,22,25). The van der Waals surface area contributed by atoms with Gasteiger partial charge in [0.15, 0.2) is 5.78 Å². The minimum absolute atomic E-state index is 0.0279. The molecule has 1 fully saturated rings. The largest absolute Gasteiger partial charge is 0.373 e. The fourth-order valence-electron chi connectivity index (χ4n) is 3.23. The van der Waals surface area contributed by atoms with Gasteiger partial charge < -0.3 is 15.8 Å². The molecule has 0 aliphatic heterocycles. The Labute approximate surface area is 173 Å². The molecule has 0 bridgehead atoms. The van der Waals surface area contributed by atoms with Gasteiger partial charge in [-0.25, -0.2) is 4.39 Å². The molecular weight excluding hydrogens is 482 g/mol. The molecule has 1 amide bonds. The van der Waals surface area contributed by atoms with E-state index in [1.165, 1.54) is 6.07 Å². The molecule has 2 aromatic rings. The SMILES string of the molecule is NC(=O)c1c(Nc2ccc(I)cc2F)sc2c1C(OCC1CC1)CCC2=O. The van der Waals surface area contributed by atoms with E-state index in [0.29, 0.717) is 40.8 Å². The van der Waals surface area contributed by atoms with Crippen molar-refractivity contribution in [3.63, 3.8) is 0 Å². The molecule has 3 N–H and O–H groups in total. The van der Waals surface area contributed by atoms with Crippen LogP contribution in [0.5, 0.6) is 0 Å². The second-order valence-electron chi connectivity index (χ2n) is 6.89. The number of amides is 1. The first-order valence-corrected chi connectivity index (χ1v) is 10.7. The third-order valence-electron chi connectivity index (χ3n) is 4.81. The number of fused-ring (bicyclic) bond motifs is 1. The number of nitrogens with two attached hydrogens (primary N) is 1. The lowest BCUT2D eigenvalue weighted by Gasteiger charge is -2.23. The Balaban J connectivity index is 1.72. The van der Waals surface area contributed by atoms with Crippen LogP contribution in [-0.4, -0.2) is 18.3 Å². The number of halogens is 2. The third kappa shape index (κ3) is 3.88. The monoisotopic (exact) mass is 500 g/mol. The molecule has 1 unspecified atom stereocenters. The second kappa shape index (κ2) is 7.48. The first kappa shape index (κ1) is 18.8. The maximum absolute atomic E-state index is 14.3. The van der Waals surface area contributed by atoms with Crippen LogP contribution < -0.4 is 11.1 Å². The van der Waals surface area contributed by atoms with Gasteiger partial charge in [-0.1, -0.05) is 0 Å². The maximum Gasteiger partial charge on any atom is 0.252 e. The van der Waals surface area contributed by atoms with Crippen LogP contribution in [0.15, 0.2) is 18.2 Å². The molecule has 8 heteroatoms. The molecule has 4 rings (SSSR count). The molecule has 5 nitrogen and oxygen atoms in total. The zero-order valence-electron chi connectivity index (χ0n) is 14.4. The molecular formula is C19H18FIN2O3S. The number of nitrogens with one attached hydrogen (secondary N) is 1. The highest BCUT2D eigenvalue weighted by Gasteiger charge is 2.36. The van der Waals surface area contributed by atoms with Crippen LogP contribution in [0.4, 0.5) is 15.1 Å². The molecule has 1 aromatic heterocycles. The molecule has 1 aromatic carbocycles. The van der Waals surface area contributed by atoms with Crippen LogP contribution >= 0.6 is 33.9 Å². The van der Waals surface area contributed by atoms with Gasteiger partial charge >= 0.3 is 0 Å².